The Labute approximate surface area is 113 Å². The number of aromatic nitrogens is 2. The lowest BCUT2D eigenvalue weighted by Crippen LogP contribution is -2.24. The van der Waals surface area contributed by atoms with Crippen LogP contribution in [0.4, 0.5) is 0 Å². The zero-order valence-electron chi connectivity index (χ0n) is 9.48. The molecular weight excluding hydrogens is 290 g/mol. The fourth-order valence-corrected chi connectivity index (χ4v) is 2.80. The standard InChI is InChI=1S/C10H9N3O4S2/c14-10(15)7-1-2-9(12-5-7)19(16,17)13-6-8-11-3-4-18-8/h1-5,13H,6H2,(H,14,15). The highest BCUT2D eigenvalue weighted by atomic mass is 32.2. The van der Waals surface area contributed by atoms with E-state index in [0.717, 1.165) is 12.3 Å². The van der Waals surface area contributed by atoms with Gasteiger partial charge in [-0.15, -0.1) is 11.3 Å². The second-order valence-corrected chi connectivity index (χ2v) is 6.13. The summed E-state index contributed by atoms with van der Waals surface area (Å²) in [5.74, 6) is -1.16. The highest BCUT2D eigenvalue weighted by Gasteiger charge is 2.16. The van der Waals surface area contributed by atoms with Crippen LogP contribution in [-0.2, 0) is 16.6 Å². The third-order valence-electron chi connectivity index (χ3n) is 2.16. The number of nitrogens with one attached hydrogen (secondary N) is 1. The number of hydrogen-bond donors (Lipinski definition) is 2. The summed E-state index contributed by atoms with van der Waals surface area (Å²) < 4.78 is 26.1. The predicted octanol–water partition coefficient (Wildman–Crippen LogP) is 0.715. The normalized spacial score (nSPS) is 11.4. The van der Waals surface area contributed by atoms with Crippen LogP contribution in [-0.4, -0.2) is 29.5 Å². The molecule has 9 heteroatoms. The summed E-state index contributed by atoms with van der Waals surface area (Å²) in [6.45, 7) is 0.0718. The average molecular weight is 299 g/mol. The van der Waals surface area contributed by atoms with Crippen LogP contribution in [0.5, 0.6) is 0 Å². The SMILES string of the molecule is O=C(O)c1ccc(S(=O)(=O)NCc2nccs2)nc1. The smallest absolute Gasteiger partial charge is 0.337 e. The van der Waals surface area contributed by atoms with Crippen LogP contribution in [0.25, 0.3) is 0 Å². The zero-order chi connectivity index (χ0) is 13.9. The molecule has 0 saturated heterocycles. The van der Waals surface area contributed by atoms with E-state index in [1.54, 1.807) is 11.6 Å². The van der Waals surface area contributed by atoms with Gasteiger partial charge in [-0.3, -0.25) is 0 Å². The Kier molecular flexibility index (Phi) is 3.88. The van der Waals surface area contributed by atoms with Gasteiger partial charge in [-0.2, -0.15) is 0 Å². The number of hydrogen-bond acceptors (Lipinski definition) is 6. The first-order valence-corrected chi connectivity index (χ1v) is 7.43. The quantitative estimate of drug-likeness (QED) is 0.841. The van der Waals surface area contributed by atoms with Crippen molar-refractivity contribution in [1.29, 1.82) is 0 Å². The lowest BCUT2D eigenvalue weighted by molar-refractivity contribution is 0.0696. The van der Waals surface area contributed by atoms with E-state index in [0.29, 0.717) is 5.01 Å². The van der Waals surface area contributed by atoms with Gasteiger partial charge in [0.2, 0.25) is 0 Å². The molecule has 7 nitrogen and oxygen atoms in total. The average Bonchev–Trinajstić information content (AvgIpc) is 2.90. The topological polar surface area (TPSA) is 109 Å². The van der Waals surface area contributed by atoms with Crippen molar-refractivity contribution in [1.82, 2.24) is 14.7 Å². The van der Waals surface area contributed by atoms with Crippen molar-refractivity contribution < 1.29 is 18.3 Å². The summed E-state index contributed by atoms with van der Waals surface area (Å²) in [6.07, 6.45) is 2.58. The highest BCUT2D eigenvalue weighted by molar-refractivity contribution is 7.89. The summed E-state index contributed by atoms with van der Waals surface area (Å²) in [5.41, 5.74) is -0.0705. The van der Waals surface area contributed by atoms with Crippen molar-refractivity contribution in [2.75, 3.05) is 0 Å². The van der Waals surface area contributed by atoms with Crippen LogP contribution in [0.2, 0.25) is 0 Å². The molecule has 100 valence electrons. The van der Waals surface area contributed by atoms with E-state index >= 15 is 0 Å². The number of aromatic carboxylic acids is 1. The molecule has 0 amide bonds. The molecule has 0 unspecified atom stereocenters. The monoisotopic (exact) mass is 299 g/mol. The molecule has 0 fully saturated rings. The van der Waals surface area contributed by atoms with Gasteiger partial charge in [0, 0.05) is 17.8 Å². The molecule has 0 bridgehead atoms. The number of nitrogens with zero attached hydrogens (tertiary/aromatic N) is 2. The van der Waals surface area contributed by atoms with E-state index in [4.69, 9.17) is 5.11 Å². The summed E-state index contributed by atoms with van der Waals surface area (Å²) >= 11 is 1.33. The zero-order valence-corrected chi connectivity index (χ0v) is 11.1. The van der Waals surface area contributed by atoms with E-state index in [-0.39, 0.29) is 17.1 Å². The molecule has 0 aliphatic carbocycles. The number of carbonyl (C=O) groups is 1. The lowest BCUT2D eigenvalue weighted by atomic mass is 10.3. The van der Waals surface area contributed by atoms with Gasteiger partial charge in [0.25, 0.3) is 10.0 Å². The van der Waals surface area contributed by atoms with Crippen LogP contribution in [0, 0.1) is 0 Å². The van der Waals surface area contributed by atoms with Gasteiger partial charge in [0.1, 0.15) is 5.01 Å². The maximum Gasteiger partial charge on any atom is 0.337 e. The Morgan fingerprint density at radius 1 is 1.37 bits per heavy atom. The van der Waals surface area contributed by atoms with Gasteiger partial charge in [-0.05, 0) is 12.1 Å². The third kappa shape index (κ3) is 3.34. The number of thiazole rings is 1. The molecule has 0 aliphatic heterocycles. The molecule has 0 spiro atoms. The molecule has 2 heterocycles. The van der Waals surface area contributed by atoms with Crippen molar-refractivity contribution in [3.8, 4) is 0 Å². The fraction of sp³-hybridized carbons (Fsp3) is 0.100. The largest absolute Gasteiger partial charge is 0.478 e. The molecule has 0 radical (unpaired) electrons. The van der Waals surface area contributed by atoms with Crippen LogP contribution >= 0.6 is 11.3 Å². The minimum Gasteiger partial charge on any atom is -0.478 e. The molecule has 2 N–H and O–H groups in total. The van der Waals surface area contributed by atoms with Gasteiger partial charge in [0.05, 0.1) is 12.1 Å². The van der Waals surface area contributed by atoms with Crippen molar-refractivity contribution in [2.45, 2.75) is 11.6 Å². The summed E-state index contributed by atoms with van der Waals surface area (Å²) in [4.78, 5) is 18.2. The van der Waals surface area contributed by atoms with E-state index in [2.05, 4.69) is 14.7 Å². The first-order valence-electron chi connectivity index (χ1n) is 5.06. The number of sulfonamides is 1. The highest BCUT2D eigenvalue weighted by Crippen LogP contribution is 2.09. The number of rotatable bonds is 5. The number of carboxylic acid groups (broad SMARTS) is 1. The third-order valence-corrected chi connectivity index (χ3v) is 4.25. The number of carboxylic acids is 1. The molecule has 0 aliphatic rings. The van der Waals surface area contributed by atoms with E-state index in [1.165, 1.54) is 17.4 Å². The Bertz CT molecular complexity index is 665. The Hall–Kier alpha value is -1.84. The van der Waals surface area contributed by atoms with Crippen LogP contribution in [0.1, 0.15) is 15.4 Å². The first kappa shape index (κ1) is 13.6. The lowest BCUT2D eigenvalue weighted by Gasteiger charge is -2.04. The second-order valence-electron chi connectivity index (χ2n) is 3.44. The fourth-order valence-electron chi connectivity index (χ4n) is 1.24. The van der Waals surface area contributed by atoms with Crippen molar-refractivity contribution >= 4 is 27.3 Å². The van der Waals surface area contributed by atoms with Gasteiger partial charge in [0.15, 0.2) is 5.03 Å². The summed E-state index contributed by atoms with van der Waals surface area (Å²) in [6, 6.07) is 2.33. The molecule has 0 aromatic carbocycles. The van der Waals surface area contributed by atoms with Crippen molar-refractivity contribution in [3.05, 3.63) is 40.5 Å². The van der Waals surface area contributed by atoms with E-state index in [9.17, 15) is 13.2 Å². The molecule has 2 aromatic rings. The van der Waals surface area contributed by atoms with Crippen LogP contribution in [0.15, 0.2) is 34.9 Å². The Morgan fingerprint density at radius 3 is 2.68 bits per heavy atom. The van der Waals surface area contributed by atoms with Crippen LogP contribution in [0.3, 0.4) is 0 Å². The van der Waals surface area contributed by atoms with Gasteiger partial charge >= 0.3 is 5.97 Å². The van der Waals surface area contributed by atoms with Gasteiger partial charge in [-0.1, -0.05) is 0 Å². The number of pyridine rings is 1. The van der Waals surface area contributed by atoms with Crippen LogP contribution < -0.4 is 4.72 Å². The van der Waals surface area contributed by atoms with Crippen molar-refractivity contribution in [2.24, 2.45) is 0 Å². The second kappa shape index (κ2) is 5.43. The minimum absolute atomic E-state index is 0.0705. The summed E-state index contributed by atoms with van der Waals surface area (Å²) in [5, 5.41) is 10.8. The Morgan fingerprint density at radius 2 is 2.16 bits per heavy atom. The van der Waals surface area contributed by atoms with E-state index in [1.807, 2.05) is 0 Å². The molecule has 2 aromatic heterocycles. The molecule has 0 atom stereocenters. The predicted molar refractivity (Wildman–Crippen MR) is 67.3 cm³/mol. The minimum atomic E-state index is -3.77. The Balaban J connectivity index is 2.13. The first-order chi connectivity index (χ1) is 8.99. The molecule has 19 heavy (non-hydrogen) atoms. The molecule has 0 saturated carbocycles. The molecule has 2 rings (SSSR count). The van der Waals surface area contributed by atoms with Gasteiger partial charge in [-0.25, -0.2) is 27.9 Å². The molecular formula is C10H9N3O4S2. The maximum absolute atomic E-state index is 11.9. The van der Waals surface area contributed by atoms with Crippen molar-refractivity contribution in [3.63, 3.8) is 0 Å². The van der Waals surface area contributed by atoms with Gasteiger partial charge < -0.3 is 5.11 Å². The maximum atomic E-state index is 11.9. The van der Waals surface area contributed by atoms with E-state index < -0.39 is 16.0 Å². The summed E-state index contributed by atoms with van der Waals surface area (Å²) in [7, 11) is -3.77.